The Hall–Kier alpha value is -2.77. The summed E-state index contributed by atoms with van der Waals surface area (Å²) in [6.45, 7) is 3.43. The molecule has 1 saturated heterocycles. The molecule has 3 N–H and O–H groups in total. The smallest absolute Gasteiger partial charge is 0.251 e. The summed E-state index contributed by atoms with van der Waals surface area (Å²) in [4.78, 5) is 28.9. The van der Waals surface area contributed by atoms with Gasteiger partial charge in [0.15, 0.2) is 0 Å². The molecular formula is C19H22N4O3. The molecule has 0 unspecified atom stereocenters. The van der Waals surface area contributed by atoms with Gasteiger partial charge in [-0.2, -0.15) is 0 Å². The van der Waals surface area contributed by atoms with Crippen LogP contribution in [0.25, 0.3) is 0 Å². The molecule has 0 aliphatic carbocycles. The molecule has 0 spiro atoms. The van der Waals surface area contributed by atoms with Crippen LogP contribution in [0, 0.1) is 0 Å². The average molecular weight is 354 g/mol. The summed E-state index contributed by atoms with van der Waals surface area (Å²) in [7, 11) is 0. The van der Waals surface area contributed by atoms with E-state index in [9.17, 15) is 9.59 Å². The molecule has 2 aromatic rings. The topological polar surface area (TPSA) is 92.4 Å². The third-order valence-corrected chi connectivity index (χ3v) is 4.15. The number of anilines is 1. The van der Waals surface area contributed by atoms with Crippen LogP contribution in [0.15, 0.2) is 48.7 Å². The lowest BCUT2D eigenvalue weighted by atomic mass is 10.1. The number of benzene rings is 1. The van der Waals surface area contributed by atoms with Gasteiger partial charge in [0.25, 0.3) is 5.91 Å². The van der Waals surface area contributed by atoms with Gasteiger partial charge in [-0.15, -0.1) is 0 Å². The van der Waals surface area contributed by atoms with Crippen molar-refractivity contribution in [1.82, 2.24) is 15.6 Å². The van der Waals surface area contributed by atoms with Gasteiger partial charge in [0.05, 0.1) is 24.9 Å². The molecule has 2 amide bonds. The van der Waals surface area contributed by atoms with E-state index in [-0.39, 0.29) is 17.9 Å². The molecule has 7 nitrogen and oxygen atoms in total. The van der Waals surface area contributed by atoms with Crippen LogP contribution in [0.2, 0.25) is 0 Å². The second-order valence-electron chi connectivity index (χ2n) is 6.08. The maximum atomic E-state index is 12.4. The Kier molecular flexibility index (Phi) is 5.93. The summed E-state index contributed by atoms with van der Waals surface area (Å²) in [6, 6.07) is 12.0. The van der Waals surface area contributed by atoms with Crippen molar-refractivity contribution in [2.75, 3.05) is 18.5 Å². The number of aromatic nitrogens is 1. The molecule has 1 aromatic carbocycles. The standard InChI is InChI=1S/C19H22N4O3/c1-13-17(21-9-10-26-13)19(25)23-15-7-4-5-14(11-15)18(24)22-12-16-6-2-3-8-20-16/h2-8,11,13,17,21H,9-10,12H2,1H3,(H,22,24)(H,23,25)/t13-,17+/m1/s1. The summed E-state index contributed by atoms with van der Waals surface area (Å²) in [5, 5.41) is 8.80. The number of pyridine rings is 1. The van der Waals surface area contributed by atoms with Gasteiger partial charge in [0, 0.05) is 24.0 Å². The van der Waals surface area contributed by atoms with Gasteiger partial charge in [-0.3, -0.25) is 14.6 Å². The summed E-state index contributed by atoms with van der Waals surface area (Å²) in [5.74, 6) is -0.400. The van der Waals surface area contributed by atoms with Crippen LogP contribution >= 0.6 is 0 Å². The number of carbonyl (C=O) groups is 2. The molecule has 1 aromatic heterocycles. The number of hydrogen-bond acceptors (Lipinski definition) is 5. The number of nitrogens with one attached hydrogen (secondary N) is 3. The molecule has 136 valence electrons. The lowest BCUT2D eigenvalue weighted by Gasteiger charge is -2.29. The van der Waals surface area contributed by atoms with Gasteiger partial charge >= 0.3 is 0 Å². The Labute approximate surface area is 152 Å². The normalized spacial score (nSPS) is 19.6. The fourth-order valence-corrected chi connectivity index (χ4v) is 2.76. The van der Waals surface area contributed by atoms with Crippen LogP contribution in [0.5, 0.6) is 0 Å². The first-order valence-corrected chi connectivity index (χ1v) is 8.57. The van der Waals surface area contributed by atoms with E-state index in [0.29, 0.717) is 30.9 Å². The zero-order chi connectivity index (χ0) is 18.4. The summed E-state index contributed by atoms with van der Waals surface area (Å²) in [5.41, 5.74) is 1.82. The Morgan fingerprint density at radius 3 is 2.92 bits per heavy atom. The second kappa shape index (κ2) is 8.55. The monoisotopic (exact) mass is 354 g/mol. The maximum absolute atomic E-state index is 12.4. The fourth-order valence-electron chi connectivity index (χ4n) is 2.76. The van der Waals surface area contributed by atoms with E-state index in [1.165, 1.54) is 0 Å². The van der Waals surface area contributed by atoms with E-state index in [2.05, 4.69) is 20.9 Å². The first-order valence-electron chi connectivity index (χ1n) is 8.57. The highest BCUT2D eigenvalue weighted by Crippen LogP contribution is 2.13. The zero-order valence-electron chi connectivity index (χ0n) is 14.6. The first-order chi connectivity index (χ1) is 12.6. The Balaban J connectivity index is 1.60. The number of amides is 2. The Bertz CT molecular complexity index is 766. The molecule has 26 heavy (non-hydrogen) atoms. The highest BCUT2D eigenvalue weighted by Gasteiger charge is 2.28. The van der Waals surface area contributed by atoms with Crippen LogP contribution < -0.4 is 16.0 Å². The Morgan fingerprint density at radius 1 is 1.27 bits per heavy atom. The van der Waals surface area contributed by atoms with E-state index in [4.69, 9.17) is 4.74 Å². The van der Waals surface area contributed by atoms with E-state index in [0.717, 1.165) is 5.69 Å². The number of ether oxygens (including phenoxy) is 1. The third kappa shape index (κ3) is 4.65. The summed E-state index contributed by atoms with van der Waals surface area (Å²) >= 11 is 0. The van der Waals surface area contributed by atoms with Crippen molar-refractivity contribution in [1.29, 1.82) is 0 Å². The largest absolute Gasteiger partial charge is 0.375 e. The highest BCUT2D eigenvalue weighted by molar-refractivity contribution is 5.98. The van der Waals surface area contributed by atoms with Crippen molar-refractivity contribution in [2.24, 2.45) is 0 Å². The number of morpholine rings is 1. The van der Waals surface area contributed by atoms with Crippen molar-refractivity contribution in [3.63, 3.8) is 0 Å². The lowest BCUT2D eigenvalue weighted by molar-refractivity contribution is -0.123. The predicted molar refractivity (Wildman–Crippen MR) is 97.7 cm³/mol. The van der Waals surface area contributed by atoms with Gasteiger partial charge in [-0.1, -0.05) is 12.1 Å². The first kappa shape index (κ1) is 18.0. The average Bonchev–Trinajstić information content (AvgIpc) is 2.67. The predicted octanol–water partition coefficient (Wildman–Crippen LogP) is 1.33. The van der Waals surface area contributed by atoms with E-state index in [1.54, 1.807) is 30.5 Å². The molecule has 0 radical (unpaired) electrons. The maximum Gasteiger partial charge on any atom is 0.251 e. The van der Waals surface area contributed by atoms with Gasteiger partial charge in [-0.05, 0) is 37.3 Å². The molecule has 0 saturated carbocycles. The fraction of sp³-hybridized carbons (Fsp3) is 0.316. The second-order valence-corrected chi connectivity index (χ2v) is 6.08. The van der Waals surface area contributed by atoms with Crippen molar-refractivity contribution in [3.8, 4) is 0 Å². The van der Waals surface area contributed by atoms with E-state index < -0.39 is 6.04 Å². The lowest BCUT2D eigenvalue weighted by Crippen LogP contribution is -2.53. The van der Waals surface area contributed by atoms with Crippen LogP contribution in [0.4, 0.5) is 5.69 Å². The van der Waals surface area contributed by atoms with Crippen LogP contribution in [0.3, 0.4) is 0 Å². The van der Waals surface area contributed by atoms with Crippen molar-refractivity contribution >= 4 is 17.5 Å². The van der Waals surface area contributed by atoms with Crippen LogP contribution in [-0.2, 0) is 16.1 Å². The van der Waals surface area contributed by atoms with E-state index in [1.807, 2.05) is 25.1 Å². The third-order valence-electron chi connectivity index (χ3n) is 4.15. The highest BCUT2D eigenvalue weighted by atomic mass is 16.5. The zero-order valence-corrected chi connectivity index (χ0v) is 14.6. The Morgan fingerprint density at radius 2 is 2.15 bits per heavy atom. The van der Waals surface area contributed by atoms with Gasteiger partial charge in [0.2, 0.25) is 5.91 Å². The molecular weight excluding hydrogens is 332 g/mol. The SMILES string of the molecule is C[C@H]1OCCN[C@@H]1C(=O)Nc1cccc(C(=O)NCc2ccccn2)c1. The number of nitrogens with zero attached hydrogens (tertiary/aromatic N) is 1. The van der Waals surface area contributed by atoms with Crippen molar-refractivity contribution in [3.05, 3.63) is 59.9 Å². The summed E-state index contributed by atoms with van der Waals surface area (Å²) in [6.07, 6.45) is 1.48. The number of carbonyl (C=O) groups excluding carboxylic acids is 2. The van der Waals surface area contributed by atoms with Crippen molar-refractivity contribution < 1.29 is 14.3 Å². The van der Waals surface area contributed by atoms with Crippen LogP contribution in [-0.4, -0.2) is 42.1 Å². The molecule has 2 atom stereocenters. The van der Waals surface area contributed by atoms with Gasteiger partial charge in [0.1, 0.15) is 6.04 Å². The summed E-state index contributed by atoms with van der Waals surface area (Å²) < 4.78 is 5.49. The minimum atomic E-state index is -0.412. The van der Waals surface area contributed by atoms with E-state index >= 15 is 0 Å². The quantitative estimate of drug-likeness (QED) is 0.753. The minimum absolute atomic E-state index is 0.178. The van der Waals surface area contributed by atoms with Crippen molar-refractivity contribution in [2.45, 2.75) is 25.6 Å². The molecule has 3 rings (SSSR count). The molecule has 2 heterocycles. The molecule has 0 bridgehead atoms. The molecule has 7 heteroatoms. The molecule has 1 aliphatic rings. The molecule has 1 fully saturated rings. The molecule has 1 aliphatic heterocycles. The minimum Gasteiger partial charge on any atom is -0.375 e. The van der Waals surface area contributed by atoms with Gasteiger partial charge in [-0.25, -0.2) is 0 Å². The van der Waals surface area contributed by atoms with Crippen LogP contribution in [0.1, 0.15) is 23.0 Å². The number of rotatable bonds is 5. The number of hydrogen-bond donors (Lipinski definition) is 3. The van der Waals surface area contributed by atoms with Gasteiger partial charge < -0.3 is 20.7 Å².